The number of anilines is 1. The van der Waals surface area contributed by atoms with E-state index in [1.165, 1.54) is 0 Å². The van der Waals surface area contributed by atoms with Crippen LogP contribution in [0.3, 0.4) is 0 Å². The molecule has 92 valence electrons. The number of esters is 1. The lowest BCUT2D eigenvalue weighted by Gasteiger charge is -2.09. The topological polar surface area (TPSA) is 38.3 Å². The molecule has 0 unspecified atom stereocenters. The van der Waals surface area contributed by atoms with Gasteiger partial charge in [0.25, 0.3) is 0 Å². The maximum Gasteiger partial charge on any atom is 0.335 e. The molecule has 1 aromatic carbocycles. The van der Waals surface area contributed by atoms with Crippen molar-refractivity contribution in [2.45, 2.75) is 13.8 Å². The minimum atomic E-state index is -0.377. The molecule has 0 bridgehead atoms. The second kappa shape index (κ2) is 6.30. The first-order chi connectivity index (χ1) is 8.04. The second-order valence-corrected chi connectivity index (χ2v) is 4.05. The molecule has 4 heteroatoms. The van der Waals surface area contributed by atoms with Gasteiger partial charge in [0.15, 0.2) is 0 Å². The van der Waals surface area contributed by atoms with Crippen molar-refractivity contribution in [2.75, 3.05) is 18.5 Å². The van der Waals surface area contributed by atoms with Crippen LogP contribution in [0.15, 0.2) is 30.4 Å². The molecule has 0 spiro atoms. The minimum Gasteiger partial charge on any atom is -0.463 e. The van der Waals surface area contributed by atoms with Gasteiger partial charge in [-0.05, 0) is 31.5 Å². The molecule has 0 aliphatic rings. The van der Waals surface area contributed by atoms with Crippen LogP contribution in [0.2, 0.25) is 5.02 Å². The van der Waals surface area contributed by atoms with Gasteiger partial charge in [-0.3, -0.25) is 0 Å². The summed E-state index contributed by atoms with van der Waals surface area (Å²) in [4.78, 5) is 11.3. The molecule has 3 nitrogen and oxygen atoms in total. The maximum atomic E-state index is 11.3. The van der Waals surface area contributed by atoms with Crippen LogP contribution in [0.25, 0.3) is 0 Å². The van der Waals surface area contributed by atoms with E-state index in [9.17, 15) is 4.79 Å². The van der Waals surface area contributed by atoms with Crippen LogP contribution in [0.5, 0.6) is 0 Å². The third-order valence-corrected chi connectivity index (χ3v) is 2.65. The van der Waals surface area contributed by atoms with Crippen molar-refractivity contribution in [2.24, 2.45) is 0 Å². The summed E-state index contributed by atoms with van der Waals surface area (Å²) in [6.45, 7) is 8.06. The van der Waals surface area contributed by atoms with Gasteiger partial charge in [-0.1, -0.05) is 24.2 Å². The number of carbonyl (C=O) groups excluding carboxylic acids is 1. The monoisotopic (exact) mass is 253 g/mol. The van der Waals surface area contributed by atoms with Crippen molar-refractivity contribution in [3.8, 4) is 0 Å². The molecule has 0 saturated heterocycles. The first-order valence-electron chi connectivity index (χ1n) is 5.39. The Balaban J connectivity index is 2.53. The zero-order chi connectivity index (χ0) is 12.8. The highest BCUT2D eigenvalue weighted by atomic mass is 35.5. The number of benzene rings is 1. The molecule has 0 heterocycles. The number of ether oxygens (including phenoxy) is 1. The average molecular weight is 254 g/mol. The molecule has 0 atom stereocenters. The fraction of sp³-hybridized carbons (Fsp3) is 0.308. The third kappa shape index (κ3) is 4.11. The van der Waals surface area contributed by atoms with Gasteiger partial charge in [-0.25, -0.2) is 4.79 Å². The molecule has 0 aromatic heterocycles. The standard InChI is InChI=1S/C13H16ClNO2/c1-4-17-13(16)10(3)8-15-11-6-5-9(2)12(14)7-11/h5-7,15H,3-4,8H2,1-2H3. The molecule has 0 aliphatic heterocycles. The lowest BCUT2D eigenvalue weighted by molar-refractivity contribution is -0.138. The van der Waals surface area contributed by atoms with Crippen molar-refractivity contribution < 1.29 is 9.53 Å². The molecule has 17 heavy (non-hydrogen) atoms. The smallest absolute Gasteiger partial charge is 0.335 e. The summed E-state index contributed by atoms with van der Waals surface area (Å²) in [5.74, 6) is -0.377. The highest BCUT2D eigenvalue weighted by Gasteiger charge is 2.07. The Hall–Kier alpha value is -1.48. The molecular weight excluding hydrogens is 238 g/mol. The van der Waals surface area contributed by atoms with Crippen LogP contribution < -0.4 is 5.32 Å². The van der Waals surface area contributed by atoms with Crippen molar-refractivity contribution in [1.29, 1.82) is 0 Å². The predicted molar refractivity (Wildman–Crippen MR) is 70.5 cm³/mol. The number of aryl methyl sites for hydroxylation is 1. The fourth-order valence-corrected chi connectivity index (χ4v) is 1.40. The number of rotatable bonds is 5. The van der Waals surface area contributed by atoms with E-state index in [2.05, 4.69) is 11.9 Å². The van der Waals surface area contributed by atoms with Gasteiger partial charge in [0.1, 0.15) is 0 Å². The van der Waals surface area contributed by atoms with Crippen molar-refractivity contribution in [3.63, 3.8) is 0 Å². The van der Waals surface area contributed by atoms with Crippen LogP contribution in [0, 0.1) is 6.92 Å². The highest BCUT2D eigenvalue weighted by Crippen LogP contribution is 2.19. The zero-order valence-corrected chi connectivity index (χ0v) is 10.8. The number of hydrogen-bond acceptors (Lipinski definition) is 3. The molecule has 1 N–H and O–H groups in total. The van der Waals surface area contributed by atoms with Crippen LogP contribution >= 0.6 is 11.6 Å². The largest absolute Gasteiger partial charge is 0.463 e. The summed E-state index contributed by atoms with van der Waals surface area (Å²) in [5, 5.41) is 3.76. The van der Waals surface area contributed by atoms with Crippen LogP contribution in [-0.2, 0) is 9.53 Å². The summed E-state index contributed by atoms with van der Waals surface area (Å²) in [6.07, 6.45) is 0. The Morgan fingerprint density at radius 1 is 1.53 bits per heavy atom. The third-order valence-electron chi connectivity index (χ3n) is 2.24. The Labute approximate surface area is 106 Å². The minimum absolute atomic E-state index is 0.345. The van der Waals surface area contributed by atoms with Gasteiger partial charge in [0, 0.05) is 22.8 Å². The van der Waals surface area contributed by atoms with E-state index in [0.29, 0.717) is 23.7 Å². The molecule has 0 fully saturated rings. The quantitative estimate of drug-likeness (QED) is 0.647. The molecular formula is C13H16ClNO2. The van der Waals surface area contributed by atoms with E-state index in [1.54, 1.807) is 6.92 Å². The summed E-state index contributed by atoms with van der Waals surface area (Å²) in [6, 6.07) is 5.63. The summed E-state index contributed by atoms with van der Waals surface area (Å²) in [7, 11) is 0. The lowest BCUT2D eigenvalue weighted by Crippen LogP contribution is -2.14. The van der Waals surface area contributed by atoms with Crippen molar-refractivity contribution >= 4 is 23.3 Å². The SMILES string of the molecule is C=C(CNc1ccc(C)c(Cl)c1)C(=O)OCC. The van der Waals surface area contributed by atoms with E-state index < -0.39 is 0 Å². The van der Waals surface area contributed by atoms with Gasteiger partial charge in [-0.2, -0.15) is 0 Å². The number of nitrogens with one attached hydrogen (secondary N) is 1. The van der Waals surface area contributed by atoms with Crippen LogP contribution in [-0.4, -0.2) is 19.1 Å². The lowest BCUT2D eigenvalue weighted by atomic mass is 10.2. The molecule has 1 rings (SSSR count). The number of hydrogen-bond donors (Lipinski definition) is 1. The van der Waals surface area contributed by atoms with Gasteiger partial charge >= 0.3 is 5.97 Å². The maximum absolute atomic E-state index is 11.3. The Morgan fingerprint density at radius 3 is 2.82 bits per heavy atom. The fourth-order valence-electron chi connectivity index (χ4n) is 1.22. The Kier molecular flexibility index (Phi) is 5.04. The van der Waals surface area contributed by atoms with E-state index in [4.69, 9.17) is 16.3 Å². The normalized spacial score (nSPS) is 9.82. The highest BCUT2D eigenvalue weighted by molar-refractivity contribution is 6.31. The molecule has 0 amide bonds. The van der Waals surface area contributed by atoms with Crippen LogP contribution in [0.4, 0.5) is 5.69 Å². The molecule has 0 saturated carbocycles. The Bertz CT molecular complexity index is 429. The van der Waals surface area contributed by atoms with Gasteiger partial charge in [0.05, 0.1) is 6.61 Å². The second-order valence-electron chi connectivity index (χ2n) is 3.64. The molecule has 1 aromatic rings. The van der Waals surface area contributed by atoms with E-state index in [-0.39, 0.29) is 5.97 Å². The summed E-state index contributed by atoms with van der Waals surface area (Å²) >= 11 is 5.99. The van der Waals surface area contributed by atoms with E-state index in [0.717, 1.165) is 11.3 Å². The van der Waals surface area contributed by atoms with E-state index in [1.807, 2.05) is 25.1 Å². The molecule has 0 radical (unpaired) electrons. The first-order valence-corrected chi connectivity index (χ1v) is 5.77. The van der Waals surface area contributed by atoms with Gasteiger partial charge < -0.3 is 10.1 Å². The average Bonchev–Trinajstić information content (AvgIpc) is 2.30. The first kappa shape index (κ1) is 13.6. The summed E-state index contributed by atoms with van der Waals surface area (Å²) < 4.78 is 4.83. The van der Waals surface area contributed by atoms with Gasteiger partial charge in [0.2, 0.25) is 0 Å². The Morgan fingerprint density at radius 2 is 2.24 bits per heavy atom. The van der Waals surface area contributed by atoms with Crippen molar-refractivity contribution in [3.05, 3.63) is 40.9 Å². The number of carbonyl (C=O) groups is 1. The van der Waals surface area contributed by atoms with Gasteiger partial charge in [-0.15, -0.1) is 0 Å². The predicted octanol–water partition coefficient (Wildman–Crippen LogP) is 3.18. The number of halogens is 1. The van der Waals surface area contributed by atoms with E-state index >= 15 is 0 Å². The molecule has 0 aliphatic carbocycles. The van der Waals surface area contributed by atoms with Crippen LogP contribution in [0.1, 0.15) is 12.5 Å². The summed E-state index contributed by atoms with van der Waals surface area (Å²) in [5.41, 5.74) is 2.26. The van der Waals surface area contributed by atoms with Crippen molar-refractivity contribution in [1.82, 2.24) is 0 Å². The zero-order valence-electron chi connectivity index (χ0n) is 10.0.